The topological polar surface area (TPSA) is 41.5 Å². The molecule has 2 atom stereocenters. The summed E-state index contributed by atoms with van der Waals surface area (Å²) in [5.74, 6) is 0.902. The van der Waals surface area contributed by atoms with Gasteiger partial charge in [-0.3, -0.25) is 0 Å². The van der Waals surface area contributed by atoms with Crippen LogP contribution in [0, 0.1) is 12.3 Å². The average Bonchev–Trinajstić information content (AvgIpc) is 2.44. The van der Waals surface area contributed by atoms with Crippen molar-refractivity contribution in [3.8, 4) is 5.75 Å². The fourth-order valence-corrected chi connectivity index (χ4v) is 1.63. The highest BCUT2D eigenvalue weighted by Crippen LogP contribution is 2.18. The van der Waals surface area contributed by atoms with Crippen molar-refractivity contribution < 1.29 is 9.84 Å². The van der Waals surface area contributed by atoms with Crippen molar-refractivity contribution in [1.82, 2.24) is 5.32 Å². The zero-order chi connectivity index (χ0) is 14.3. The minimum atomic E-state index is -0.0435. The summed E-state index contributed by atoms with van der Waals surface area (Å²) in [4.78, 5) is 0. The van der Waals surface area contributed by atoms with Gasteiger partial charge in [-0.15, -0.1) is 0 Å². The normalized spacial score (nSPS) is 15.8. The summed E-state index contributed by atoms with van der Waals surface area (Å²) in [5.41, 5.74) is 1.19. The first kappa shape index (κ1) is 16.0. The van der Waals surface area contributed by atoms with Crippen LogP contribution in [-0.4, -0.2) is 30.9 Å². The molecule has 0 amide bonds. The highest BCUT2D eigenvalue weighted by Gasteiger charge is 2.21. The van der Waals surface area contributed by atoms with Gasteiger partial charge in [-0.25, -0.2) is 0 Å². The van der Waals surface area contributed by atoms with Crippen LogP contribution in [0.15, 0.2) is 24.3 Å². The summed E-state index contributed by atoms with van der Waals surface area (Å²) < 4.78 is 5.73. The Morgan fingerprint density at radius 3 is 2.47 bits per heavy atom. The van der Waals surface area contributed by atoms with Crippen LogP contribution >= 0.6 is 0 Å². The minimum absolute atomic E-state index is 0.0435. The molecule has 0 spiro atoms. The first-order valence-corrected chi connectivity index (χ1v) is 7.03. The Bertz CT molecular complexity index is 358. The van der Waals surface area contributed by atoms with Crippen LogP contribution in [0.2, 0.25) is 0 Å². The predicted molar refractivity (Wildman–Crippen MR) is 79.6 cm³/mol. The quantitative estimate of drug-likeness (QED) is 0.759. The SMILES string of the molecule is CCC(C)(CO)CNC(C)COc1ccc(C)cc1. The second-order valence-electron chi connectivity index (χ2n) is 5.73. The predicted octanol–water partition coefficient (Wildman–Crippen LogP) is 2.76. The van der Waals surface area contributed by atoms with E-state index in [1.807, 2.05) is 24.3 Å². The molecule has 0 heterocycles. The molecule has 0 fully saturated rings. The Hall–Kier alpha value is -1.06. The third-order valence-corrected chi connectivity index (χ3v) is 3.63. The van der Waals surface area contributed by atoms with Crippen LogP contribution in [-0.2, 0) is 0 Å². The number of benzene rings is 1. The molecule has 0 aromatic heterocycles. The molecule has 1 rings (SSSR count). The summed E-state index contributed by atoms with van der Waals surface area (Å²) in [5, 5.41) is 12.8. The number of ether oxygens (including phenoxy) is 1. The third kappa shape index (κ3) is 5.62. The number of nitrogens with one attached hydrogen (secondary N) is 1. The molecular formula is C16H27NO2. The first-order chi connectivity index (χ1) is 8.99. The summed E-state index contributed by atoms with van der Waals surface area (Å²) >= 11 is 0. The molecule has 3 heteroatoms. The molecule has 2 unspecified atom stereocenters. The van der Waals surface area contributed by atoms with Crippen molar-refractivity contribution in [3.63, 3.8) is 0 Å². The summed E-state index contributed by atoms with van der Waals surface area (Å²) in [7, 11) is 0. The molecule has 3 nitrogen and oxygen atoms in total. The van der Waals surface area contributed by atoms with Crippen molar-refractivity contribution in [3.05, 3.63) is 29.8 Å². The van der Waals surface area contributed by atoms with E-state index in [0.29, 0.717) is 6.61 Å². The van der Waals surface area contributed by atoms with Gasteiger partial charge in [0.25, 0.3) is 0 Å². The molecule has 0 saturated heterocycles. The fraction of sp³-hybridized carbons (Fsp3) is 0.625. The van der Waals surface area contributed by atoms with Gasteiger partial charge in [0.15, 0.2) is 0 Å². The molecule has 1 aromatic carbocycles. The summed E-state index contributed by atoms with van der Waals surface area (Å²) in [6, 6.07) is 8.34. The molecular weight excluding hydrogens is 238 g/mol. The lowest BCUT2D eigenvalue weighted by Gasteiger charge is -2.28. The van der Waals surface area contributed by atoms with E-state index >= 15 is 0 Å². The van der Waals surface area contributed by atoms with E-state index in [1.54, 1.807) is 0 Å². The zero-order valence-corrected chi connectivity index (χ0v) is 12.6. The van der Waals surface area contributed by atoms with Crippen LogP contribution in [0.5, 0.6) is 5.75 Å². The van der Waals surface area contributed by atoms with E-state index < -0.39 is 0 Å². The maximum atomic E-state index is 9.36. The highest BCUT2D eigenvalue weighted by atomic mass is 16.5. The zero-order valence-electron chi connectivity index (χ0n) is 12.6. The van der Waals surface area contributed by atoms with Crippen LogP contribution in [0.4, 0.5) is 0 Å². The Labute approximate surface area is 117 Å². The highest BCUT2D eigenvalue weighted by molar-refractivity contribution is 5.26. The lowest BCUT2D eigenvalue weighted by molar-refractivity contribution is 0.128. The summed E-state index contributed by atoms with van der Waals surface area (Å²) in [6.45, 7) is 10.0. The van der Waals surface area contributed by atoms with E-state index in [9.17, 15) is 5.11 Å². The minimum Gasteiger partial charge on any atom is -0.492 e. The van der Waals surface area contributed by atoms with Crippen molar-refractivity contribution in [1.29, 1.82) is 0 Å². The Balaban J connectivity index is 2.31. The molecule has 0 aliphatic rings. The lowest BCUT2D eigenvalue weighted by atomic mass is 9.88. The van der Waals surface area contributed by atoms with Gasteiger partial charge >= 0.3 is 0 Å². The maximum absolute atomic E-state index is 9.36. The largest absolute Gasteiger partial charge is 0.492 e. The molecule has 0 radical (unpaired) electrons. The monoisotopic (exact) mass is 265 g/mol. The molecule has 0 aliphatic carbocycles. The number of aryl methyl sites for hydroxylation is 1. The lowest BCUT2D eigenvalue weighted by Crippen LogP contribution is -2.41. The van der Waals surface area contributed by atoms with Crippen LogP contribution < -0.4 is 10.1 Å². The van der Waals surface area contributed by atoms with Crippen molar-refractivity contribution >= 4 is 0 Å². The van der Waals surface area contributed by atoms with Crippen LogP contribution in [0.25, 0.3) is 0 Å². The fourth-order valence-electron chi connectivity index (χ4n) is 1.63. The Morgan fingerprint density at radius 1 is 1.32 bits per heavy atom. The van der Waals surface area contributed by atoms with E-state index in [0.717, 1.165) is 18.7 Å². The number of aliphatic hydroxyl groups is 1. The summed E-state index contributed by atoms with van der Waals surface area (Å²) in [6.07, 6.45) is 0.960. The second-order valence-corrected chi connectivity index (χ2v) is 5.73. The smallest absolute Gasteiger partial charge is 0.119 e. The van der Waals surface area contributed by atoms with Crippen molar-refractivity contribution in [2.24, 2.45) is 5.41 Å². The van der Waals surface area contributed by atoms with E-state index in [1.165, 1.54) is 5.56 Å². The van der Waals surface area contributed by atoms with Crippen LogP contribution in [0.1, 0.15) is 32.8 Å². The van der Waals surface area contributed by atoms with Crippen LogP contribution in [0.3, 0.4) is 0 Å². The standard InChI is InChI=1S/C16H27NO2/c1-5-16(4,12-18)11-17-14(3)10-19-15-8-6-13(2)7-9-15/h6-9,14,17-18H,5,10-12H2,1-4H3. The van der Waals surface area contributed by atoms with Crippen molar-refractivity contribution in [2.45, 2.75) is 40.2 Å². The number of aliphatic hydroxyl groups excluding tert-OH is 1. The number of hydrogen-bond acceptors (Lipinski definition) is 3. The molecule has 2 N–H and O–H groups in total. The van der Waals surface area contributed by atoms with Gasteiger partial charge in [-0.05, 0) is 32.4 Å². The van der Waals surface area contributed by atoms with Gasteiger partial charge in [-0.1, -0.05) is 31.5 Å². The average molecular weight is 265 g/mol. The Kier molecular flexibility index (Phi) is 6.32. The van der Waals surface area contributed by atoms with Gasteiger partial charge in [0, 0.05) is 24.6 Å². The van der Waals surface area contributed by atoms with E-state index in [2.05, 4.69) is 33.0 Å². The number of hydrogen-bond donors (Lipinski definition) is 2. The second kappa shape index (κ2) is 7.51. The molecule has 0 aliphatic heterocycles. The Morgan fingerprint density at radius 2 is 1.95 bits per heavy atom. The number of rotatable bonds is 8. The van der Waals surface area contributed by atoms with Gasteiger partial charge in [0.05, 0.1) is 0 Å². The molecule has 0 saturated carbocycles. The molecule has 108 valence electrons. The van der Waals surface area contributed by atoms with Gasteiger partial charge in [0.2, 0.25) is 0 Å². The maximum Gasteiger partial charge on any atom is 0.119 e. The first-order valence-electron chi connectivity index (χ1n) is 7.03. The van der Waals surface area contributed by atoms with E-state index in [4.69, 9.17) is 4.74 Å². The van der Waals surface area contributed by atoms with E-state index in [-0.39, 0.29) is 18.1 Å². The van der Waals surface area contributed by atoms with Gasteiger partial charge < -0.3 is 15.2 Å². The van der Waals surface area contributed by atoms with Gasteiger partial charge in [0.1, 0.15) is 12.4 Å². The molecule has 19 heavy (non-hydrogen) atoms. The molecule has 1 aromatic rings. The third-order valence-electron chi connectivity index (χ3n) is 3.63. The molecule has 0 bridgehead atoms. The van der Waals surface area contributed by atoms with Crippen molar-refractivity contribution in [2.75, 3.05) is 19.8 Å². The van der Waals surface area contributed by atoms with Gasteiger partial charge in [-0.2, -0.15) is 0 Å².